The van der Waals surface area contributed by atoms with Crippen LogP contribution in [-0.4, -0.2) is 50.0 Å². The van der Waals surface area contributed by atoms with Crippen LogP contribution in [-0.2, 0) is 19.1 Å². The van der Waals surface area contributed by atoms with E-state index in [4.69, 9.17) is 25.4 Å². The molecule has 3 aromatic rings. The van der Waals surface area contributed by atoms with E-state index in [-0.39, 0.29) is 31.0 Å². The summed E-state index contributed by atoms with van der Waals surface area (Å²) in [5.41, 5.74) is 1.69. The maximum Gasteiger partial charge on any atom is 0.343 e. The molecule has 0 spiro atoms. The van der Waals surface area contributed by atoms with Crippen LogP contribution in [0.25, 0.3) is 6.08 Å². The summed E-state index contributed by atoms with van der Waals surface area (Å²) in [4.78, 5) is 43.8. The number of carbonyl (C=O) groups excluding carboxylic acids is 2. The molecule has 0 N–H and O–H groups in total. The van der Waals surface area contributed by atoms with E-state index in [0.717, 1.165) is 5.56 Å². The van der Waals surface area contributed by atoms with Crippen molar-refractivity contribution < 1.29 is 33.3 Å². The highest BCUT2D eigenvalue weighted by atomic mass is 32.1. The fourth-order valence-electron chi connectivity index (χ4n) is 4.32. The zero-order valence-corrected chi connectivity index (χ0v) is 24.5. The Hall–Kier alpha value is -4.82. The van der Waals surface area contributed by atoms with Crippen LogP contribution in [0.2, 0.25) is 0 Å². The van der Waals surface area contributed by atoms with Crippen LogP contribution in [0, 0.1) is 12.3 Å². The second kappa shape index (κ2) is 13.7. The molecule has 0 saturated carbocycles. The zero-order valence-electron chi connectivity index (χ0n) is 23.7. The highest BCUT2D eigenvalue weighted by Gasteiger charge is 2.34. The van der Waals surface area contributed by atoms with Crippen molar-refractivity contribution >= 4 is 29.4 Å². The number of ether oxygens (including phenoxy) is 5. The Morgan fingerprint density at radius 1 is 1.07 bits per heavy atom. The molecule has 0 unspecified atom stereocenters. The number of hydrogen-bond acceptors (Lipinski definition) is 10. The molecule has 218 valence electrons. The van der Waals surface area contributed by atoms with E-state index in [1.165, 1.54) is 23.0 Å². The molecule has 42 heavy (non-hydrogen) atoms. The number of thiazole rings is 1. The summed E-state index contributed by atoms with van der Waals surface area (Å²) in [5.74, 6) is 2.56. The van der Waals surface area contributed by atoms with Crippen molar-refractivity contribution in [2.75, 3.05) is 33.5 Å². The first-order chi connectivity index (χ1) is 20.3. The summed E-state index contributed by atoms with van der Waals surface area (Å²) in [5, 5.41) is 0. The molecule has 2 heterocycles. The molecule has 2 aromatic carbocycles. The maximum atomic E-state index is 13.9. The Bertz CT molecular complexity index is 1730. The number of methoxy groups -OCH3 is 1. The zero-order chi connectivity index (χ0) is 30.2. The predicted octanol–water partition coefficient (Wildman–Crippen LogP) is 2.76. The first-order valence-electron chi connectivity index (χ1n) is 13.1. The quantitative estimate of drug-likeness (QED) is 0.248. The molecule has 0 fully saturated rings. The van der Waals surface area contributed by atoms with Gasteiger partial charge in [0.25, 0.3) is 5.56 Å². The normalized spacial score (nSPS) is 14.4. The monoisotopic (exact) mass is 590 g/mol. The summed E-state index contributed by atoms with van der Waals surface area (Å²) in [6, 6.07) is 11.3. The number of nitrogens with zero attached hydrogens (tertiary/aromatic N) is 2. The van der Waals surface area contributed by atoms with E-state index in [2.05, 4.69) is 15.6 Å². The van der Waals surface area contributed by atoms with E-state index in [0.29, 0.717) is 44.4 Å². The fourth-order valence-corrected chi connectivity index (χ4v) is 5.37. The van der Waals surface area contributed by atoms with Gasteiger partial charge >= 0.3 is 11.9 Å². The van der Waals surface area contributed by atoms with E-state index in [1.807, 2.05) is 19.1 Å². The van der Waals surface area contributed by atoms with Crippen molar-refractivity contribution in [3.8, 4) is 29.6 Å². The van der Waals surface area contributed by atoms with Gasteiger partial charge in [0.05, 0.1) is 42.2 Å². The largest absolute Gasteiger partial charge is 0.490 e. The number of fused-ring (bicyclic) bond motifs is 1. The predicted molar refractivity (Wildman–Crippen MR) is 156 cm³/mol. The third kappa shape index (κ3) is 6.56. The van der Waals surface area contributed by atoms with Gasteiger partial charge in [0.2, 0.25) is 0 Å². The van der Waals surface area contributed by atoms with E-state index >= 15 is 0 Å². The Morgan fingerprint density at radius 2 is 1.83 bits per heavy atom. The lowest BCUT2D eigenvalue weighted by atomic mass is 9.95. The SMILES string of the molecule is C#CCOc1ccc(/C=c2\sc3n(c2=O)[C@H](c2ccc(OCC(=O)OC)c(OCC)c2)C(C(=O)OCC)=C(C)N=3)cc1. The minimum atomic E-state index is -0.851. The lowest BCUT2D eigenvalue weighted by Gasteiger charge is -2.25. The molecule has 4 rings (SSSR count). The second-order valence-corrected chi connectivity index (χ2v) is 9.88. The van der Waals surface area contributed by atoms with Gasteiger partial charge < -0.3 is 23.7 Å². The minimum Gasteiger partial charge on any atom is -0.490 e. The van der Waals surface area contributed by atoms with E-state index < -0.39 is 18.0 Å². The number of hydrogen-bond donors (Lipinski definition) is 0. The summed E-state index contributed by atoms with van der Waals surface area (Å²) >= 11 is 1.21. The fraction of sp³-hybridized carbons (Fsp3) is 0.290. The van der Waals surface area contributed by atoms with E-state index in [1.54, 1.807) is 50.3 Å². The van der Waals surface area contributed by atoms with Crippen LogP contribution in [0.3, 0.4) is 0 Å². The third-order valence-electron chi connectivity index (χ3n) is 6.17. The standard InChI is InChI=1S/C31H30N2O8S/c1-6-15-40-22-12-9-20(10-13-22)16-25-29(35)33-28(27(30(36)39-8-3)19(4)32-31(33)42-25)21-11-14-23(24(17-21)38-7-2)41-18-26(34)37-5/h1,9-14,16-17,28H,7-8,15,18H2,2-5H3/b25-16-/t28-/m1/s1. The van der Waals surface area contributed by atoms with Crippen molar-refractivity contribution in [1.29, 1.82) is 0 Å². The Balaban J connectivity index is 1.84. The van der Waals surface area contributed by atoms with Crippen LogP contribution < -0.4 is 29.1 Å². The number of allylic oxidation sites excluding steroid dienone is 1. The van der Waals surface area contributed by atoms with Crippen molar-refractivity contribution in [3.05, 3.63) is 84.5 Å². The van der Waals surface area contributed by atoms with Crippen LogP contribution in [0.5, 0.6) is 17.2 Å². The topological polar surface area (TPSA) is 115 Å². The van der Waals surface area contributed by atoms with Gasteiger partial charge in [-0.1, -0.05) is 35.5 Å². The van der Waals surface area contributed by atoms with Gasteiger partial charge in [-0.15, -0.1) is 6.42 Å². The molecule has 0 radical (unpaired) electrons. The molecule has 10 nitrogen and oxygen atoms in total. The average molecular weight is 591 g/mol. The molecule has 0 aliphatic carbocycles. The van der Waals surface area contributed by atoms with Gasteiger partial charge in [0.15, 0.2) is 22.9 Å². The molecule has 1 aliphatic heterocycles. The first-order valence-corrected chi connectivity index (χ1v) is 13.9. The van der Waals surface area contributed by atoms with Crippen molar-refractivity contribution in [2.24, 2.45) is 4.99 Å². The molecule has 1 atom stereocenters. The summed E-state index contributed by atoms with van der Waals surface area (Å²) in [6.45, 7) is 5.54. The average Bonchev–Trinajstić information content (AvgIpc) is 3.29. The summed E-state index contributed by atoms with van der Waals surface area (Å²) in [7, 11) is 1.27. The lowest BCUT2D eigenvalue weighted by Crippen LogP contribution is -2.40. The van der Waals surface area contributed by atoms with Crippen molar-refractivity contribution in [2.45, 2.75) is 26.8 Å². The van der Waals surface area contributed by atoms with Gasteiger partial charge in [0.1, 0.15) is 12.4 Å². The van der Waals surface area contributed by atoms with Gasteiger partial charge in [-0.2, -0.15) is 0 Å². The molecule has 1 aromatic heterocycles. The van der Waals surface area contributed by atoms with Crippen molar-refractivity contribution in [1.82, 2.24) is 4.57 Å². The Morgan fingerprint density at radius 3 is 2.50 bits per heavy atom. The molecule has 0 amide bonds. The Labute approximate surface area is 246 Å². The summed E-state index contributed by atoms with van der Waals surface area (Å²) in [6.07, 6.45) is 7.01. The highest BCUT2D eigenvalue weighted by Crippen LogP contribution is 2.36. The van der Waals surface area contributed by atoms with Crippen LogP contribution in [0.4, 0.5) is 0 Å². The molecule has 1 aliphatic rings. The highest BCUT2D eigenvalue weighted by molar-refractivity contribution is 7.07. The number of benzene rings is 2. The summed E-state index contributed by atoms with van der Waals surface area (Å²) < 4.78 is 28.8. The number of aromatic nitrogens is 1. The van der Waals surface area contributed by atoms with Gasteiger partial charge in [-0.3, -0.25) is 9.36 Å². The molecule has 0 saturated heterocycles. The third-order valence-corrected chi connectivity index (χ3v) is 7.16. The van der Waals surface area contributed by atoms with Crippen LogP contribution >= 0.6 is 11.3 Å². The molecular weight excluding hydrogens is 560 g/mol. The number of esters is 2. The van der Waals surface area contributed by atoms with Crippen LogP contribution in [0.1, 0.15) is 37.9 Å². The van der Waals surface area contributed by atoms with E-state index in [9.17, 15) is 14.4 Å². The lowest BCUT2D eigenvalue weighted by molar-refractivity contribution is -0.143. The number of carbonyl (C=O) groups is 2. The minimum absolute atomic E-state index is 0.151. The maximum absolute atomic E-state index is 13.9. The van der Waals surface area contributed by atoms with Gasteiger partial charge in [0, 0.05) is 0 Å². The van der Waals surface area contributed by atoms with Crippen molar-refractivity contribution in [3.63, 3.8) is 0 Å². The molecular formula is C31H30N2O8S. The molecule has 0 bridgehead atoms. The molecule has 11 heteroatoms. The number of terminal acetylenes is 1. The smallest absolute Gasteiger partial charge is 0.343 e. The second-order valence-electron chi connectivity index (χ2n) is 8.87. The van der Waals surface area contributed by atoms with Gasteiger partial charge in [-0.25, -0.2) is 14.6 Å². The Kier molecular flexibility index (Phi) is 9.83. The first kappa shape index (κ1) is 30.1. The number of rotatable bonds is 11. The van der Waals surface area contributed by atoms with Crippen LogP contribution in [0.15, 0.2) is 63.5 Å². The van der Waals surface area contributed by atoms with Gasteiger partial charge in [-0.05, 0) is 62.2 Å².